The van der Waals surface area contributed by atoms with Crippen LogP contribution in [0.2, 0.25) is 0 Å². The number of nitrogens with zero attached hydrogens (tertiary/aromatic N) is 2. The predicted octanol–water partition coefficient (Wildman–Crippen LogP) is 3.42. The summed E-state index contributed by atoms with van der Waals surface area (Å²) in [5.74, 6) is 0.932. The van der Waals surface area contributed by atoms with Crippen molar-refractivity contribution in [1.82, 2.24) is 10.2 Å². The highest BCUT2D eigenvalue weighted by molar-refractivity contribution is 7.15. The molecule has 9 heteroatoms. The number of hydrogen-bond acceptors (Lipinski definition) is 8. The number of carbonyl (C=O) groups is 1. The Morgan fingerprint density at radius 1 is 1.28 bits per heavy atom. The van der Waals surface area contributed by atoms with Crippen LogP contribution in [-0.2, 0) is 11.2 Å². The molecule has 1 N–H and O–H groups in total. The summed E-state index contributed by atoms with van der Waals surface area (Å²) in [6, 6.07) is 3.52. The van der Waals surface area contributed by atoms with Crippen molar-refractivity contribution in [2.75, 3.05) is 19.5 Å². The Balaban J connectivity index is 1.59. The molecule has 1 fully saturated rings. The molecule has 8 nitrogen and oxygen atoms in total. The molecule has 0 unspecified atom stereocenters. The van der Waals surface area contributed by atoms with Crippen LogP contribution in [0, 0.1) is 6.92 Å². The van der Waals surface area contributed by atoms with Gasteiger partial charge in [0.1, 0.15) is 5.01 Å². The van der Waals surface area contributed by atoms with Gasteiger partial charge >= 0.3 is 5.63 Å². The summed E-state index contributed by atoms with van der Waals surface area (Å²) in [7, 11) is 2.99. The van der Waals surface area contributed by atoms with E-state index in [1.165, 1.54) is 32.0 Å². The maximum absolute atomic E-state index is 12.6. The number of benzene rings is 1. The van der Waals surface area contributed by atoms with Crippen molar-refractivity contribution in [3.63, 3.8) is 0 Å². The van der Waals surface area contributed by atoms with Gasteiger partial charge in [0.15, 0.2) is 11.3 Å². The second kappa shape index (κ2) is 7.82. The Morgan fingerprint density at radius 3 is 2.72 bits per heavy atom. The molecule has 0 aliphatic heterocycles. The Bertz CT molecular complexity index is 1130. The van der Waals surface area contributed by atoms with Gasteiger partial charge in [-0.15, -0.1) is 10.2 Å². The largest absolute Gasteiger partial charge is 0.493 e. The molecular formula is C20H21N3O5S. The van der Waals surface area contributed by atoms with Crippen LogP contribution in [-0.4, -0.2) is 30.3 Å². The van der Waals surface area contributed by atoms with Crippen LogP contribution in [0.1, 0.15) is 41.3 Å². The summed E-state index contributed by atoms with van der Waals surface area (Å²) in [6.45, 7) is 1.79. The number of aromatic nitrogens is 2. The summed E-state index contributed by atoms with van der Waals surface area (Å²) >= 11 is 1.39. The number of amides is 1. The molecule has 0 saturated heterocycles. The summed E-state index contributed by atoms with van der Waals surface area (Å²) in [6.07, 6.45) is 3.33. The number of hydrogen-bond donors (Lipinski definition) is 1. The van der Waals surface area contributed by atoms with Crippen molar-refractivity contribution in [3.8, 4) is 11.5 Å². The first-order chi connectivity index (χ1) is 14.0. The molecule has 152 valence electrons. The minimum absolute atomic E-state index is 0.114. The average molecular weight is 415 g/mol. The van der Waals surface area contributed by atoms with Gasteiger partial charge in [-0.3, -0.25) is 4.79 Å². The second-order valence-corrected chi connectivity index (χ2v) is 7.98. The molecule has 1 aliphatic carbocycles. The van der Waals surface area contributed by atoms with Gasteiger partial charge in [0, 0.05) is 11.3 Å². The summed E-state index contributed by atoms with van der Waals surface area (Å²) in [5, 5.41) is 13.0. The topological polar surface area (TPSA) is 104 Å². The minimum atomic E-state index is -0.580. The molecule has 1 aromatic carbocycles. The number of aryl methyl sites for hydroxylation is 1. The molecule has 4 rings (SSSR count). The van der Waals surface area contributed by atoms with Gasteiger partial charge in [0.25, 0.3) is 0 Å². The SMILES string of the molecule is COc1ccc2c(C)c(CC(=O)Nc3nnc(C4CCC4)s3)c(=O)oc2c1OC. The number of fused-ring (bicyclic) bond motifs is 1. The van der Waals surface area contributed by atoms with E-state index >= 15 is 0 Å². The maximum Gasteiger partial charge on any atom is 0.340 e. The fraction of sp³-hybridized carbons (Fsp3) is 0.400. The highest BCUT2D eigenvalue weighted by Crippen LogP contribution is 2.39. The minimum Gasteiger partial charge on any atom is -0.493 e. The Hall–Kier alpha value is -2.94. The molecule has 1 amide bonds. The number of anilines is 1. The van der Waals surface area contributed by atoms with Gasteiger partial charge in [-0.25, -0.2) is 4.79 Å². The van der Waals surface area contributed by atoms with Crippen molar-refractivity contribution >= 4 is 33.3 Å². The molecule has 2 aromatic heterocycles. The fourth-order valence-corrected chi connectivity index (χ4v) is 4.33. The molecule has 3 aromatic rings. The molecule has 0 bridgehead atoms. The maximum atomic E-state index is 12.6. The second-order valence-electron chi connectivity index (χ2n) is 6.97. The first kappa shape index (κ1) is 19.4. The number of nitrogens with one attached hydrogen (secondary N) is 1. The van der Waals surface area contributed by atoms with Crippen LogP contribution in [0.5, 0.6) is 11.5 Å². The first-order valence-corrected chi connectivity index (χ1v) is 10.1. The normalized spacial score (nSPS) is 13.9. The van der Waals surface area contributed by atoms with Gasteiger partial charge in [-0.1, -0.05) is 17.8 Å². The van der Waals surface area contributed by atoms with Crippen molar-refractivity contribution in [1.29, 1.82) is 0 Å². The van der Waals surface area contributed by atoms with E-state index in [1.807, 2.05) is 0 Å². The smallest absolute Gasteiger partial charge is 0.340 e. The Labute approximate surface area is 170 Å². The van der Waals surface area contributed by atoms with Gasteiger partial charge in [-0.05, 0) is 37.5 Å². The zero-order valence-corrected chi connectivity index (χ0v) is 17.2. The van der Waals surface area contributed by atoms with Crippen LogP contribution in [0.15, 0.2) is 21.3 Å². The molecule has 1 saturated carbocycles. The standard InChI is InChI=1S/C20H21N3O5S/c1-10-12-7-8-14(26-2)17(27-3)16(12)28-19(25)13(10)9-15(24)21-20-23-22-18(29-20)11-5-4-6-11/h7-8,11H,4-6,9H2,1-3H3,(H,21,23,24). The Kier molecular flexibility index (Phi) is 5.23. The van der Waals surface area contributed by atoms with E-state index in [2.05, 4.69) is 15.5 Å². The van der Waals surface area contributed by atoms with Crippen molar-refractivity contribution in [3.05, 3.63) is 38.7 Å². The van der Waals surface area contributed by atoms with Crippen molar-refractivity contribution < 1.29 is 18.7 Å². The van der Waals surface area contributed by atoms with Crippen LogP contribution in [0.4, 0.5) is 5.13 Å². The zero-order chi connectivity index (χ0) is 20.5. The summed E-state index contributed by atoms with van der Waals surface area (Å²) in [4.78, 5) is 25.1. The lowest BCUT2D eigenvalue weighted by atomic mass is 9.86. The van der Waals surface area contributed by atoms with E-state index in [4.69, 9.17) is 13.9 Å². The van der Waals surface area contributed by atoms with Crippen molar-refractivity contribution in [2.24, 2.45) is 0 Å². The van der Waals surface area contributed by atoms with E-state index in [9.17, 15) is 9.59 Å². The fourth-order valence-electron chi connectivity index (χ4n) is 3.40. The molecule has 29 heavy (non-hydrogen) atoms. The lowest BCUT2D eigenvalue weighted by molar-refractivity contribution is -0.115. The predicted molar refractivity (Wildman–Crippen MR) is 109 cm³/mol. The van der Waals surface area contributed by atoms with Crippen LogP contribution in [0.25, 0.3) is 11.0 Å². The van der Waals surface area contributed by atoms with E-state index in [0.29, 0.717) is 44.6 Å². The average Bonchev–Trinajstić information content (AvgIpc) is 3.10. The molecule has 0 atom stereocenters. The van der Waals surface area contributed by atoms with Gasteiger partial charge < -0.3 is 19.2 Å². The zero-order valence-electron chi connectivity index (χ0n) is 16.4. The monoisotopic (exact) mass is 415 g/mol. The van der Waals surface area contributed by atoms with Crippen molar-refractivity contribution in [2.45, 2.75) is 38.5 Å². The van der Waals surface area contributed by atoms with E-state index in [1.54, 1.807) is 19.1 Å². The van der Waals surface area contributed by atoms with E-state index in [0.717, 1.165) is 17.8 Å². The van der Waals surface area contributed by atoms with E-state index in [-0.39, 0.29) is 12.3 Å². The molecular weight excluding hydrogens is 394 g/mol. The highest BCUT2D eigenvalue weighted by atomic mass is 32.1. The quantitative estimate of drug-likeness (QED) is 0.615. The Morgan fingerprint density at radius 2 is 2.07 bits per heavy atom. The lowest BCUT2D eigenvalue weighted by Crippen LogP contribution is -2.20. The van der Waals surface area contributed by atoms with E-state index < -0.39 is 5.63 Å². The van der Waals surface area contributed by atoms with Crippen LogP contribution < -0.4 is 20.4 Å². The third-order valence-electron chi connectivity index (χ3n) is 5.28. The molecule has 2 heterocycles. The molecule has 0 spiro atoms. The third kappa shape index (κ3) is 3.57. The van der Waals surface area contributed by atoms with Gasteiger partial charge in [-0.2, -0.15) is 0 Å². The number of methoxy groups -OCH3 is 2. The lowest BCUT2D eigenvalue weighted by Gasteiger charge is -2.21. The summed E-state index contributed by atoms with van der Waals surface area (Å²) in [5.41, 5.74) is 0.683. The van der Waals surface area contributed by atoms with Crippen LogP contribution in [0.3, 0.4) is 0 Å². The number of carbonyl (C=O) groups excluding carboxylic acids is 1. The molecule has 0 radical (unpaired) electrons. The first-order valence-electron chi connectivity index (χ1n) is 9.32. The number of ether oxygens (including phenoxy) is 2. The van der Waals surface area contributed by atoms with Gasteiger partial charge in [0.2, 0.25) is 16.8 Å². The summed E-state index contributed by atoms with van der Waals surface area (Å²) < 4.78 is 16.1. The highest BCUT2D eigenvalue weighted by Gasteiger charge is 2.24. The third-order valence-corrected chi connectivity index (χ3v) is 6.28. The number of rotatable bonds is 6. The van der Waals surface area contributed by atoms with Crippen LogP contribution >= 0.6 is 11.3 Å². The van der Waals surface area contributed by atoms with Gasteiger partial charge in [0.05, 0.1) is 26.2 Å². The molecule has 1 aliphatic rings.